The van der Waals surface area contributed by atoms with E-state index in [1.165, 1.54) is 18.9 Å². The van der Waals surface area contributed by atoms with Crippen LogP contribution in [0.2, 0.25) is 10.0 Å². The lowest BCUT2D eigenvalue weighted by atomic mass is 9.83. The average molecular weight is 427 g/mol. The van der Waals surface area contributed by atoms with Crippen molar-refractivity contribution in [1.29, 1.82) is 0 Å². The monoisotopic (exact) mass is 426 g/mol. The Morgan fingerprint density at radius 3 is 2.59 bits per heavy atom. The summed E-state index contributed by atoms with van der Waals surface area (Å²) in [7, 11) is 0. The molecule has 1 radical (unpaired) electrons. The molecule has 0 N–H and O–H groups in total. The van der Waals surface area contributed by atoms with Gasteiger partial charge in [-0.05, 0) is 36.6 Å². The Balaban J connectivity index is 1.60. The lowest BCUT2D eigenvalue weighted by Gasteiger charge is -2.30. The summed E-state index contributed by atoms with van der Waals surface area (Å²) in [5, 5.41) is 0.682. The van der Waals surface area contributed by atoms with Crippen LogP contribution < -0.4 is 9.64 Å². The van der Waals surface area contributed by atoms with Gasteiger partial charge in [-0.3, -0.25) is 0 Å². The fraction of sp³-hybridized carbons (Fsp3) is 0.208. The van der Waals surface area contributed by atoms with E-state index in [1.54, 1.807) is 6.07 Å². The molecular formula is C24H19Cl2FNO. The fourth-order valence-electron chi connectivity index (χ4n) is 4.20. The van der Waals surface area contributed by atoms with E-state index in [4.69, 9.17) is 27.9 Å². The molecule has 1 fully saturated rings. The van der Waals surface area contributed by atoms with Gasteiger partial charge >= 0.3 is 0 Å². The molecule has 0 aromatic heterocycles. The Morgan fingerprint density at radius 1 is 0.966 bits per heavy atom. The second kappa shape index (κ2) is 7.55. The van der Waals surface area contributed by atoms with Crippen LogP contribution in [0.3, 0.4) is 0 Å². The largest absolute Gasteiger partial charge is 0.455 e. The number of halogens is 3. The number of hydrogen-bond acceptors (Lipinski definition) is 2. The summed E-state index contributed by atoms with van der Waals surface area (Å²) < 4.78 is 20.3. The predicted molar refractivity (Wildman–Crippen MR) is 116 cm³/mol. The molecule has 5 heteroatoms. The van der Waals surface area contributed by atoms with E-state index in [2.05, 4.69) is 23.1 Å². The third-order valence-electron chi connectivity index (χ3n) is 5.68. The van der Waals surface area contributed by atoms with Crippen LogP contribution in [0.5, 0.6) is 11.5 Å². The second-order valence-corrected chi connectivity index (χ2v) is 8.25. The highest BCUT2D eigenvalue weighted by Gasteiger charge is 2.30. The molecule has 2 aliphatic heterocycles. The van der Waals surface area contributed by atoms with Gasteiger partial charge in [0.1, 0.15) is 17.3 Å². The van der Waals surface area contributed by atoms with E-state index in [0.717, 1.165) is 35.7 Å². The summed E-state index contributed by atoms with van der Waals surface area (Å²) in [5.74, 6) is 0.862. The van der Waals surface area contributed by atoms with Crippen molar-refractivity contribution < 1.29 is 9.13 Å². The Hall–Kier alpha value is -2.23. The summed E-state index contributed by atoms with van der Waals surface area (Å²) in [6, 6.07) is 16.9. The molecule has 1 unspecified atom stereocenters. The molecule has 0 aliphatic carbocycles. The molecule has 1 saturated heterocycles. The fourth-order valence-corrected chi connectivity index (χ4v) is 4.61. The van der Waals surface area contributed by atoms with Gasteiger partial charge in [0.2, 0.25) is 0 Å². The highest BCUT2D eigenvalue weighted by Crippen LogP contribution is 2.50. The maximum Gasteiger partial charge on any atom is 0.149 e. The highest BCUT2D eigenvalue weighted by molar-refractivity contribution is 6.32. The Kier molecular flexibility index (Phi) is 4.89. The van der Waals surface area contributed by atoms with Crippen LogP contribution in [-0.4, -0.2) is 13.1 Å². The maximum absolute atomic E-state index is 14.0. The summed E-state index contributed by atoms with van der Waals surface area (Å²) in [6.45, 7) is 2.12. The summed E-state index contributed by atoms with van der Waals surface area (Å²) in [4.78, 5) is 2.37. The molecule has 0 saturated carbocycles. The normalized spacial score (nSPS) is 17.6. The second-order valence-electron chi connectivity index (χ2n) is 7.46. The van der Waals surface area contributed by atoms with Crippen LogP contribution in [-0.2, 0) is 0 Å². The number of ether oxygens (including phenoxy) is 1. The van der Waals surface area contributed by atoms with Crippen molar-refractivity contribution in [2.24, 2.45) is 0 Å². The van der Waals surface area contributed by atoms with Crippen molar-refractivity contribution in [1.82, 2.24) is 0 Å². The molecule has 0 bridgehead atoms. The molecule has 29 heavy (non-hydrogen) atoms. The number of para-hydroxylation sites is 1. The lowest BCUT2D eigenvalue weighted by molar-refractivity contribution is 0.452. The summed E-state index contributed by atoms with van der Waals surface area (Å²) in [5.41, 5.74) is 3.76. The number of hydrogen-bond donors (Lipinski definition) is 0. The van der Waals surface area contributed by atoms with Crippen LogP contribution in [0.1, 0.15) is 35.4 Å². The van der Waals surface area contributed by atoms with Crippen LogP contribution in [0.4, 0.5) is 10.1 Å². The van der Waals surface area contributed by atoms with Gasteiger partial charge in [0, 0.05) is 48.3 Å². The highest BCUT2D eigenvalue weighted by atomic mass is 35.5. The van der Waals surface area contributed by atoms with Gasteiger partial charge in [-0.1, -0.05) is 53.5 Å². The van der Waals surface area contributed by atoms with Gasteiger partial charge in [-0.15, -0.1) is 0 Å². The molecule has 0 amide bonds. The molecule has 2 aliphatic rings. The minimum Gasteiger partial charge on any atom is -0.455 e. The Bertz CT molecular complexity index is 1080. The summed E-state index contributed by atoms with van der Waals surface area (Å²) >= 11 is 12.7. The first-order valence-corrected chi connectivity index (χ1v) is 10.5. The van der Waals surface area contributed by atoms with Crippen molar-refractivity contribution in [2.75, 3.05) is 18.0 Å². The topological polar surface area (TPSA) is 12.5 Å². The molecule has 5 rings (SSSR count). The zero-order chi connectivity index (χ0) is 20.0. The molecule has 3 aromatic rings. The first kappa shape index (κ1) is 18.8. The van der Waals surface area contributed by atoms with E-state index >= 15 is 0 Å². The van der Waals surface area contributed by atoms with Gasteiger partial charge < -0.3 is 9.64 Å². The molecule has 2 heterocycles. The Labute approximate surface area is 179 Å². The average Bonchev–Trinajstić information content (AvgIpc) is 3.26. The maximum atomic E-state index is 14.0. The molecule has 147 valence electrons. The number of rotatable bonds is 3. The van der Waals surface area contributed by atoms with Crippen LogP contribution >= 0.6 is 23.2 Å². The van der Waals surface area contributed by atoms with Gasteiger partial charge in [-0.2, -0.15) is 0 Å². The SMILES string of the molecule is Fc1cccc([CH]C2c3ccc(N4CCCC4)cc3Oc3c(Cl)cccc32)c1Cl. The summed E-state index contributed by atoms with van der Waals surface area (Å²) in [6.07, 6.45) is 4.40. The lowest BCUT2D eigenvalue weighted by Crippen LogP contribution is -2.18. The predicted octanol–water partition coefficient (Wildman–Crippen LogP) is 7.22. The van der Waals surface area contributed by atoms with Crippen molar-refractivity contribution >= 4 is 28.9 Å². The van der Waals surface area contributed by atoms with E-state index in [9.17, 15) is 4.39 Å². The molecule has 1 atom stereocenters. The van der Waals surface area contributed by atoms with E-state index in [-0.39, 0.29) is 10.9 Å². The number of fused-ring (bicyclic) bond motifs is 2. The van der Waals surface area contributed by atoms with Crippen LogP contribution in [0.15, 0.2) is 54.6 Å². The number of benzene rings is 3. The molecule has 0 spiro atoms. The molecular weight excluding hydrogens is 408 g/mol. The zero-order valence-electron chi connectivity index (χ0n) is 15.7. The standard InChI is InChI=1S/C24H19Cl2FNO/c25-20-7-4-6-18-19(13-15-5-3-8-21(27)23(15)26)17-10-9-16(28-11-1-2-12-28)14-22(17)29-24(18)20/h3-10,13-14,19H,1-2,11-12H2. The van der Waals surface area contributed by atoms with Gasteiger partial charge in [-0.25, -0.2) is 4.39 Å². The van der Waals surface area contributed by atoms with E-state index in [0.29, 0.717) is 16.3 Å². The third-order valence-corrected chi connectivity index (χ3v) is 6.37. The third kappa shape index (κ3) is 3.37. The van der Waals surface area contributed by atoms with Crippen molar-refractivity contribution in [3.63, 3.8) is 0 Å². The first-order valence-electron chi connectivity index (χ1n) is 9.76. The van der Waals surface area contributed by atoms with E-state index < -0.39 is 5.82 Å². The number of anilines is 1. The van der Waals surface area contributed by atoms with Crippen LogP contribution in [0.25, 0.3) is 0 Å². The van der Waals surface area contributed by atoms with Crippen molar-refractivity contribution in [2.45, 2.75) is 18.8 Å². The van der Waals surface area contributed by atoms with Gasteiger partial charge in [0.25, 0.3) is 0 Å². The first-order chi connectivity index (χ1) is 14.1. The quantitative estimate of drug-likeness (QED) is 0.438. The van der Waals surface area contributed by atoms with Crippen molar-refractivity contribution in [3.8, 4) is 11.5 Å². The van der Waals surface area contributed by atoms with Crippen molar-refractivity contribution in [3.05, 3.63) is 93.6 Å². The molecule has 2 nitrogen and oxygen atoms in total. The van der Waals surface area contributed by atoms with E-state index in [1.807, 2.05) is 30.7 Å². The van der Waals surface area contributed by atoms with Gasteiger partial charge in [0.15, 0.2) is 0 Å². The number of nitrogens with zero attached hydrogens (tertiary/aromatic N) is 1. The minimum atomic E-state index is -0.427. The zero-order valence-corrected chi connectivity index (χ0v) is 17.2. The minimum absolute atomic E-state index is 0.123. The Morgan fingerprint density at radius 2 is 1.76 bits per heavy atom. The van der Waals surface area contributed by atoms with Crippen LogP contribution in [0, 0.1) is 12.2 Å². The smallest absolute Gasteiger partial charge is 0.149 e. The van der Waals surface area contributed by atoms with Gasteiger partial charge in [0.05, 0.1) is 10.0 Å². The molecule has 3 aromatic carbocycles.